The van der Waals surface area contributed by atoms with Crippen molar-refractivity contribution < 1.29 is 9.53 Å². The topological polar surface area (TPSA) is 51.2 Å². The average Bonchev–Trinajstić information content (AvgIpc) is 2.45. The molecule has 0 saturated heterocycles. The van der Waals surface area contributed by atoms with Gasteiger partial charge in [-0.05, 0) is 31.5 Å². The summed E-state index contributed by atoms with van der Waals surface area (Å²) in [4.78, 5) is 16.3. The third-order valence-electron chi connectivity index (χ3n) is 2.80. The summed E-state index contributed by atoms with van der Waals surface area (Å²) in [6.45, 7) is 4.51. The van der Waals surface area contributed by atoms with Crippen molar-refractivity contribution in [3.8, 4) is 5.75 Å². The predicted octanol–water partition coefficient (Wildman–Crippen LogP) is 4.08. The smallest absolute Gasteiger partial charge is 0.258 e. The Kier molecular flexibility index (Phi) is 5.17. The molecule has 1 aromatic heterocycles. The fourth-order valence-electron chi connectivity index (χ4n) is 1.78. The van der Waals surface area contributed by atoms with Crippen LogP contribution in [0.25, 0.3) is 0 Å². The van der Waals surface area contributed by atoms with Crippen LogP contribution in [0.1, 0.15) is 29.4 Å². The maximum absolute atomic E-state index is 12.2. The van der Waals surface area contributed by atoms with Gasteiger partial charge in [0.25, 0.3) is 5.91 Å². The number of amides is 1. The zero-order valence-corrected chi connectivity index (χ0v) is 12.8. The molecule has 0 aliphatic heterocycles. The Labute approximate surface area is 129 Å². The van der Waals surface area contributed by atoms with Crippen molar-refractivity contribution >= 4 is 23.2 Å². The van der Waals surface area contributed by atoms with Gasteiger partial charge in [0.2, 0.25) is 0 Å². The van der Waals surface area contributed by atoms with Crippen molar-refractivity contribution in [1.29, 1.82) is 0 Å². The van der Waals surface area contributed by atoms with Crippen LogP contribution in [0.2, 0.25) is 5.02 Å². The number of nitrogens with one attached hydrogen (secondary N) is 1. The molecule has 5 heteroatoms. The Hall–Kier alpha value is -2.07. The summed E-state index contributed by atoms with van der Waals surface area (Å²) in [6.07, 6.45) is 2.41. The molecule has 4 nitrogen and oxygen atoms in total. The molecular weight excluding hydrogens is 288 g/mol. The third kappa shape index (κ3) is 4.20. The number of carbonyl (C=O) groups is 1. The van der Waals surface area contributed by atoms with Crippen LogP contribution < -0.4 is 10.1 Å². The van der Waals surface area contributed by atoms with Crippen LogP contribution in [0.5, 0.6) is 5.75 Å². The van der Waals surface area contributed by atoms with E-state index in [0.29, 0.717) is 22.9 Å². The van der Waals surface area contributed by atoms with Crippen LogP contribution in [0.3, 0.4) is 0 Å². The highest BCUT2D eigenvalue weighted by molar-refractivity contribution is 6.34. The van der Waals surface area contributed by atoms with Gasteiger partial charge >= 0.3 is 0 Å². The number of rotatable bonds is 5. The molecule has 0 aliphatic carbocycles. The first-order valence-electron chi connectivity index (χ1n) is 6.76. The molecular formula is C16H17ClN2O2. The number of halogens is 1. The lowest BCUT2D eigenvalue weighted by molar-refractivity contribution is 0.102. The SMILES string of the molecule is CCCOc1cccc(NC(=O)c2cnc(C)cc2Cl)c1. The first-order valence-corrected chi connectivity index (χ1v) is 7.14. The monoisotopic (exact) mass is 304 g/mol. The maximum Gasteiger partial charge on any atom is 0.258 e. The lowest BCUT2D eigenvalue weighted by Gasteiger charge is -2.09. The van der Waals surface area contributed by atoms with Crippen LogP contribution >= 0.6 is 11.6 Å². The van der Waals surface area contributed by atoms with Gasteiger partial charge in [0, 0.05) is 23.6 Å². The van der Waals surface area contributed by atoms with Gasteiger partial charge in [-0.25, -0.2) is 0 Å². The standard InChI is InChI=1S/C16H17ClN2O2/c1-3-7-21-13-6-4-5-12(9-13)19-16(20)14-10-18-11(2)8-15(14)17/h4-6,8-10H,3,7H2,1-2H3,(H,19,20). The summed E-state index contributed by atoms with van der Waals surface area (Å²) in [5.74, 6) is 0.433. The number of benzene rings is 1. The van der Waals surface area contributed by atoms with Gasteiger partial charge in [-0.15, -0.1) is 0 Å². The largest absolute Gasteiger partial charge is 0.494 e. The highest BCUT2D eigenvalue weighted by atomic mass is 35.5. The Morgan fingerprint density at radius 1 is 1.38 bits per heavy atom. The van der Waals surface area contributed by atoms with Crippen LogP contribution in [0, 0.1) is 6.92 Å². The number of pyridine rings is 1. The van der Waals surface area contributed by atoms with Gasteiger partial charge in [-0.3, -0.25) is 9.78 Å². The van der Waals surface area contributed by atoms with Crippen LogP contribution in [-0.2, 0) is 0 Å². The zero-order valence-electron chi connectivity index (χ0n) is 12.0. The number of hydrogen-bond donors (Lipinski definition) is 1. The van der Waals surface area contributed by atoms with Gasteiger partial charge < -0.3 is 10.1 Å². The normalized spacial score (nSPS) is 10.2. The second kappa shape index (κ2) is 7.09. The number of nitrogens with zero attached hydrogens (tertiary/aromatic N) is 1. The molecule has 0 atom stereocenters. The van der Waals surface area contributed by atoms with Gasteiger partial charge in [-0.1, -0.05) is 24.6 Å². The molecule has 0 radical (unpaired) electrons. The number of hydrogen-bond acceptors (Lipinski definition) is 3. The fraction of sp³-hybridized carbons (Fsp3) is 0.250. The van der Waals surface area contributed by atoms with E-state index in [1.54, 1.807) is 18.2 Å². The lowest BCUT2D eigenvalue weighted by atomic mass is 10.2. The molecule has 1 heterocycles. The van der Waals surface area contributed by atoms with Gasteiger partial charge in [0.15, 0.2) is 0 Å². The van der Waals surface area contributed by atoms with Crippen molar-refractivity contribution in [1.82, 2.24) is 4.98 Å². The minimum Gasteiger partial charge on any atom is -0.494 e. The van der Waals surface area contributed by atoms with E-state index in [-0.39, 0.29) is 5.91 Å². The van der Waals surface area contributed by atoms with Crippen molar-refractivity contribution in [3.05, 3.63) is 52.8 Å². The van der Waals surface area contributed by atoms with E-state index >= 15 is 0 Å². The van der Waals surface area contributed by atoms with Crippen molar-refractivity contribution in [2.24, 2.45) is 0 Å². The highest BCUT2D eigenvalue weighted by Crippen LogP contribution is 2.20. The van der Waals surface area contributed by atoms with Crippen molar-refractivity contribution in [2.45, 2.75) is 20.3 Å². The number of carbonyl (C=O) groups excluding carboxylic acids is 1. The van der Waals surface area contributed by atoms with E-state index in [1.165, 1.54) is 6.20 Å². The molecule has 2 rings (SSSR count). The van der Waals surface area contributed by atoms with E-state index in [1.807, 2.05) is 26.0 Å². The predicted molar refractivity (Wildman–Crippen MR) is 84.2 cm³/mol. The van der Waals surface area contributed by atoms with E-state index < -0.39 is 0 Å². The number of ether oxygens (including phenoxy) is 1. The van der Waals surface area contributed by atoms with E-state index in [2.05, 4.69) is 10.3 Å². The van der Waals surface area contributed by atoms with Gasteiger partial charge in [0.05, 0.1) is 17.2 Å². The molecule has 2 aromatic rings. The average molecular weight is 305 g/mol. The van der Waals surface area contributed by atoms with Gasteiger partial charge in [-0.2, -0.15) is 0 Å². The van der Waals surface area contributed by atoms with Crippen LogP contribution in [0.15, 0.2) is 36.5 Å². The molecule has 0 bridgehead atoms. The Morgan fingerprint density at radius 2 is 2.19 bits per heavy atom. The molecule has 110 valence electrons. The summed E-state index contributed by atoms with van der Waals surface area (Å²) in [5.41, 5.74) is 1.78. The molecule has 1 amide bonds. The molecule has 1 aromatic carbocycles. The molecule has 0 saturated carbocycles. The maximum atomic E-state index is 12.2. The summed E-state index contributed by atoms with van der Waals surface area (Å²) in [5, 5.41) is 3.18. The van der Waals surface area contributed by atoms with Crippen molar-refractivity contribution in [3.63, 3.8) is 0 Å². The number of aryl methyl sites for hydroxylation is 1. The van der Waals surface area contributed by atoms with Crippen LogP contribution in [-0.4, -0.2) is 17.5 Å². The molecule has 0 spiro atoms. The first-order chi connectivity index (χ1) is 10.1. The molecule has 1 N–H and O–H groups in total. The highest BCUT2D eigenvalue weighted by Gasteiger charge is 2.11. The quantitative estimate of drug-likeness (QED) is 0.905. The Balaban J connectivity index is 2.12. The second-order valence-electron chi connectivity index (χ2n) is 4.64. The summed E-state index contributed by atoms with van der Waals surface area (Å²) in [7, 11) is 0. The van der Waals surface area contributed by atoms with E-state index in [4.69, 9.17) is 16.3 Å². The Bertz CT molecular complexity index is 644. The van der Waals surface area contributed by atoms with Crippen molar-refractivity contribution in [2.75, 3.05) is 11.9 Å². The molecule has 0 aliphatic rings. The Morgan fingerprint density at radius 3 is 2.90 bits per heavy atom. The third-order valence-corrected chi connectivity index (χ3v) is 3.11. The second-order valence-corrected chi connectivity index (χ2v) is 5.04. The van der Waals surface area contributed by atoms with E-state index in [9.17, 15) is 4.79 Å². The molecule has 21 heavy (non-hydrogen) atoms. The number of aromatic nitrogens is 1. The summed E-state index contributed by atoms with van der Waals surface area (Å²) in [6, 6.07) is 8.92. The van der Waals surface area contributed by atoms with Crippen LogP contribution in [0.4, 0.5) is 5.69 Å². The fourth-order valence-corrected chi connectivity index (χ4v) is 2.07. The number of anilines is 1. The summed E-state index contributed by atoms with van der Waals surface area (Å²) < 4.78 is 5.53. The lowest BCUT2D eigenvalue weighted by Crippen LogP contribution is -2.13. The summed E-state index contributed by atoms with van der Waals surface area (Å²) >= 11 is 6.06. The minimum absolute atomic E-state index is 0.292. The van der Waals surface area contributed by atoms with Gasteiger partial charge in [0.1, 0.15) is 5.75 Å². The molecule has 0 unspecified atom stereocenters. The molecule has 0 fully saturated rings. The zero-order chi connectivity index (χ0) is 15.2. The first kappa shape index (κ1) is 15.3. The van der Waals surface area contributed by atoms with E-state index in [0.717, 1.165) is 17.9 Å². The minimum atomic E-state index is -0.292.